The number of rotatable bonds is 5. The van der Waals surface area contributed by atoms with Crippen LogP contribution in [0.25, 0.3) is 0 Å². The van der Waals surface area contributed by atoms with Crippen LogP contribution >= 0.6 is 0 Å². The lowest BCUT2D eigenvalue weighted by atomic mass is 9.98. The Bertz CT molecular complexity index is 564. The number of aryl methyl sites for hydroxylation is 1. The van der Waals surface area contributed by atoms with Gasteiger partial charge in [-0.05, 0) is 42.2 Å². The molecule has 4 nitrogen and oxygen atoms in total. The number of nitrogen functional groups attached to an aromatic ring is 1. The van der Waals surface area contributed by atoms with Gasteiger partial charge in [0, 0.05) is 11.8 Å². The predicted octanol–water partition coefficient (Wildman–Crippen LogP) is 3.38. The number of aromatic nitrogens is 1. The van der Waals surface area contributed by atoms with Crippen LogP contribution in [0.15, 0.2) is 36.5 Å². The van der Waals surface area contributed by atoms with Gasteiger partial charge in [0.1, 0.15) is 18.2 Å². The number of hydrogen-bond donors (Lipinski definition) is 2. The minimum Gasteiger partial charge on any atom is -0.489 e. The number of nitrogens with one attached hydrogen (secondary N) is 1. The summed E-state index contributed by atoms with van der Waals surface area (Å²) < 4.78 is 5.79. The third-order valence-electron chi connectivity index (χ3n) is 3.24. The Morgan fingerprint density at radius 1 is 1.25 bits per heavy atom. The molecule has 0 unspecified atom stereocenters. The number of hydrogen-bond acceptors (Lipinski definition) is 4. The van der Waals surface area contributed by atoms with E-state index in [0.717, 1.165) is 11.3 Å². The molecule has 1 aromatic carbocycles. The topological polar surface area (TPSA) is 60.2 Å². The van der Waals surface area contributed by atoms with Crippen molar-refractivity contribution in [3.8, 4) is 5.75 Å². The van der Waals surface area contributed by atoms with E-state index < -0.39 is 0 Å². The van der Waals surface area contributed by atoms with Crippen molar-refractivity contribution in [3.63, 3.8) is 0 Å². The third-order valence-corrected chi connectivity index (χ3v) is 3.24. The highest BCUT2D eigenvalue weighted by atomic mass is 16.5. The smallest absolute Gasteiger partial charge is 0.139 e. The first-order valence-electron chi connectivity index (χ1n) is 6.75. The molecule has 20 heavy (non-hydrogen) atoms. The lowest BCUT2D eigenvalue weighted by Gasteiger charge is -2.12. The number of nitrogens with two attached hydrogens (primary N) is 1. The average molecular weight is 271 g/mol. The summed E-state index contributed by atoms with van der Waals surface area (Å²) in [5.41, 5.74) is 6.13. The van der Waals surface area contributed by atoms with Gasteiger partial charge in [-0.2, -0.15) is 0 Å². The van der Waals surface area contributed by atoms with E-state index in [4.69, 9.17) is 10.6 Å². The lowest BCUT2D eigenvalue weighted by Crippen LogP contribution is -2.08. The van der Waals surface area contributed by atoms with Gasteiger partial charge in [0.25, 0.3) is 0 Å². The first-order valence-corrected chi connectivity index (χ1v) is 6.75. The molecule has 2 aromatic rings. The highest BCUT2D eigenvalue weighted by Crippen LogP contribution is 2.24. The summed E-state index contributed by atoms with van der Waals surface area (Å²) in [5.74, 6) is 7.33. The molecular weight excluding hydrogens is 250 g/mol. The second-order valence-electron chi connectivity index (χ2n) is 5.16. The van der Waals surface area contributed by atoms with Gasteiger partial charge in [0.2, 0.25) is 0 Å². The highest BCUT2D eigenvalue weighted by Gasteiger charge is 2.05. The Labute approximate surface area is 120 Å². The van der Waals surface area contributed by atoms with Crippen molar-refractivity contribution >= 4 is 5.82 Å². The number of hydrazine groups is 1. The van der Waals surface area contributed by atoms with Gasteiger partial charge < -0.3 is 10.2 Å². The molecule has 3 N–H and O–H groups in total. The van der Waals surface area contributed by atoms with E-state index in [1.54, 1.807) is 6.20 Å². The molecule has 2 rings (SSSR count). The Morgan fingerprint density at radius 2 is 2.05 bits per heavy atom. The van der Waals surface area contributed by atoms with E-state index in [2.05, 4.69) is 43.3 Å². The molecule has 106 valence electrons. The number of benzene rings is 1. The Hall–Kier alpha value is -2.07. The maximum atomic E-state index is 5.79. The van der Waals surface area contributed by atoms with Gasteiger partial charge in [-0.15, -0.1) is 0 Å². The molecule has 0 radical (unpaired) electrons. The van der Waals surface area contributed by atoms with E-state index in [1.807, 2.05) is 18.2 Å². The SMILES string of the molecule is Cc1cc(OCc2ccc(NN)nc2)ccc1C(C)C. The van der Waals surface area contributed by atoms with Crippen molar-refractivity contribution in [2.45, 2.75) is 33.3 Å². The van der Waals surface area contributed by atoms with Crippen molar-refractivity contribution in [2.75, 3.05) is 5.43 Å². The maximum Gasteiger partial charge on any atom is 0.139 e. The summed E-state index contributed by atoms with van der Waals surface area (Å²) in [4.78, 5) is 4.15. The lowest BCUT2D eigenvalue weighted by molar-refractivity contribution is 0.305. The van der Waals surface area contributed by atoms with Gasteiger partial charge in [-0.3, -0.25) is 0 Å². The zero-order valence-electron chi connectivity index (χ0n) is 12.2. The first-order chi connectivity index (χ1) is 9.60. The molecule has 0 amide bonds. The van der Waals surface area contributed by atoms with E-state index >= 15 is 0 Å². The van der Waals surface area contributed by atoms with Crippen molar-refractivity contribution in [3.05, 3.63) is 53.2 Å². The van der Waals surface area contributed by atoms with Crippen LogP contribution in [0.1, 0.15) is 36.5 Å². The average Bonchev–Trinajstić information content (AvgIpc) is 2.45. The summed E-state index contributed by atoms with van der Waals surface area (Å²) in [7, 11) is 0. The van der Waals surface area contributed by atoms with E-state index in [0.29, 0.717) is 18.3 Å². The zero-order valence-corrected chi connectivity index (χ0v) is 12.2. The zero-order chi connectivity index (χ0) is 14.5. The van der Waals surface area contributed by atoms with Crippen LogP contribution in [0.2, 0.25) is 0 Å². The molecule has 1 heterocycles. The Kier molecular flexibility index (Phi) is 4.58. The van der Waals surface area contributed by atoms with Crippen molar-refractivity contribution in [2.24, 2.45) is 5.84 Å². The molecule has 1 aromatic heterocycles. The van der Waals surface area contributed by atoms with E-state index in [-0.39, 0.29) is 0 Å². The Morgan fingerprint density at radius 3 is 2.60 bits per heavy atom. The maximum absolute atomic E-state index is 5.79. The monoisotopic (exact) mass is 271 g/mol. The fourth-order valence-corrected chi connectivity index (χ4v) is 2.15. The predicted molar refractivity (Wildman–Crippen MR) is 81.6 cm³/mol. The second-order valence-corrected chi connectivity index (χ2v) is 5.16. The van der Waals surface area contributed by atoms with Crippen molar-refractivity contribution < 1.29 is 4.74 Å². The molecule has 0 fully saturated rings. The normalized spacial score (nSPS) is 10.7. The molecule has 0 saturated heterocycles. The third kappa shape index (κ3) is 3.48. The van der Waals surface area contributed by atoms with Crippen LogP contribution in [0.4, 0.5) is 5.82 Å². The fourth-order valence-electron chi connectivity index (χ4n) is 2.15. The molecule has 0 saturated carbocycles. The van der Waals surface area contributed by atoms with Crippen LogP contribution in [0, 0.1) is 6.92 Å². The van der Waals surface area contributed by atoms with Crippen LogP contribution in [0.3, 0.4) is 0 Å². The Balaban J connectivity index is 2.01. The van der Waals surface area contributed by atoms with Gasteiger partial charge in [-0.25, -0.2) is 10.8 Å². The standard InChI is InChI=1S/C16H21N3O/c1-11(2)15-6-5-14(8-12(15)3)20-10-13-4-7-16(19-17)18-9-13/h4-9,11H,10,17H2,1-3H3,(H,18,19). The van der Waals surface area contributed by atoms with Gasteiger partial charge in [0.15, 0.2) is 0 Å². The molecule has 0 aliphatic heterocycles. The molecule has 0 atom stereocenters. The molecule has 0 aliphatic carbocycles. The van der Waals surface area contributed by atoms with E-state index in [1.165, 1.54) is 11.1 Å². The summed E-state index contributed by atoms with van der Waals surface area (Å²) in [6.45, 7) is 7.01. The number of nitrogens with zero attached hydrogens (tertiary/aromatic N) is 1. The largest absolute Gasteiger partial charge is 0.489 e. The molecule has 0 bridgehead atoms. The first kappa shape index (κ1) is 14.3. The highest BCUT2D eigenvalue weighted by molar-refractivity contribution is 5.37. The summed E-state index contributed by atoms with van der Waals surface area (Å²) in [5, 5.41) is 0. The van der Waals surface area contributed by atoms with Crippen LogP contribution in [-0.4, -0.2) is 4.98 Å². The molecule has 0 spiro atoms. The van der Waals surface area contributed by atoms with Crippen LogP contribution in [0.5, 0.6) is 5.75 Å². The van der Waals surface area contributed by atoms with E-state index in [9.17, 15) is 0 Å². The van der Waals surface area contributed by atoms with Crippen molar-refractivity contribution in [1.82, 2.24) is 4.98 Å². The van der Waals surface area contributed by atoms with Gasteiger partial charge in [0.05, 0.1) is 0 Å². The quantitative estimate of drug-likeness (QED) is 0.646. The molecule has 0 aliphatic rings. The van der Waals surface area contributed by atoms with Crippen molar-refractivity contribution in [1.29, 1.82) is 0 Å². The van der Waals surface area contributed by atoms with Crippen LogP contribution < -0.4 is 16.0 Å². The summed E-state index contributed by atoms with van der Waals surface area (Å²) in [6.07, 6.45) is 1.75. The van der Waals surface area contributed by atoms with Gasteiger partial charge in [-0.1, -0.05) is 26.0 Å². The summed E-state index contributed by atoms with van der Waals surface area (Å²) >= 11 is 0. The number of pyridine rings is 1. The number of ether oxygens (including phenoxy) is 1. The van der Waals surface area contributed by atoms with Gasteiger partial charge >= 0.3 is 0 Å². The molecule has 4 heteroatoms. The van der Waals surface area contributed by atoms with Crippen LogP contribution in [-0.2, 0) is 6.61 Å². The molecular formula is C16H21N3O. The minimum absolute atomic E-state index is 0.498. The minimum atomic E-state index is 0.498. The summed E-state index contributed by atoms with van der Waals surface area (Å²) in [6, 6.07) is 10.0. The number of anilines is 1. The second kappa shape index (κ2) is 6.39. The fraction of sp³-hybridized carbons (Fsp3) is 0.312.